The molecule has 0 unspecified atom stereocenters. The minimum absolute atomic E-state index is 0.765. The van der Waals surface area contributed by atoms with Crippen LogP contribution in [0.25, 0.3) is 45.3 Å². The Morgan fingerprint density at radius 1 is 0.594 bits per heavy atom. The predicted molar refractivity (Wildman–Crippen MR) is 126 cm³/mol. The number of rotatable bonds is 6. The van der Waals surface area contributed by atoms with Gasteiger partial charge in [0.25, 0.3) is 0 Å². The highest BCUT2D eigenvalue weighted by Gasteiger charge is 2.13. The number of nitrogens with zero attached hydrogens (tertiary/aromatic N) is 2. The molecule has 0 aliphatic carbocycles. The van der Waals surface area contributed by atoms with Crippen LogP contribution in [0.15, 0.2) is 85.2 Å². The Morgan fingerprint density at radius 3 is 1.53 bits per heavy atom. The van der Waals surface area contributed by atoms with Crippen LogP contribution in [-0.4, -0.2) is 34.2 Å². The number of aromatic nitrogens is 4. The number of imidazole rings is 2. The monoisotopic (exact) mass is 422 g/mol. The molecule has 2 N–H and O–H groups in total. The predicted octanol–water partition coefficient (Wildman–Crippen LogP) is 5.82. The van der Waals surface area contributed by atoms with Crippen LogP contribution in [0, 0.1) is 0 Å². The number of hydrogen-bond acceptors (Lipinski definition) is 4. The zero-order valence-electron chi connectivity index (χ0n) is 17.8. The summed E-state index contributed by atoms with van der Waals surface area (Å²) < 4.78 is 10.9. The van der Waals surface area contributed by atoms with Gasteiger partial charge in [-0.2, -0.15) is 0 Å². The molecule has 0 saturated carbocycles. The summed E-state index contributed by atoms with van der Waals surface area (Å²) in [5, 5.41) is 0. The minimum Gasteiger partial charge on any atom is -0.496 e. The fraction of sp³-hybridized carbons (Fsp3) is 0.0769. The second kappa shape index (κ2) is 8.43. The van der Waals surface area contributed by atoms with Gasteiger partial charge < -0.3 is 19.4 Å². The van der Waals surface area contributed by atoms with E-state index in [2.05, 4.69) is 16.0 Å². The Kier molecular flexibility index (Phi) is 5.17. The molecular weight excluding hydrogens is 400 g/mol. The molecule has 32 heavy (non-hydrogen) atoms. The lowest BCUT2D eigenvalue weighted by Crippen LogP contribution is -1.89. The maximum absolute atomic E-state index is 5.47. The summed E-state index contributed by atoms with van der Waals surface area (Å²) in [7, 11) is 3.32. The molecule has 6 heteroatoms. The standard InChI is InChI=1S/C26H22N4O2/c1-31-23-12-5-3-10-19(23)25-27-15-21(29-25)17-8-7-9-18(14-17)22-16-28-26(30-22)20-11-4-6-13-24(20)32-2/h3-16H,1-2H3,(H,27,29)(H,28,30). The van der Waals surface area contributed by atoms with E-state index < -0.39 is 0 Å². The molecule has 0 bridgehead atoms. The topological polar surface area (TPSA) is 75.8 Å². The molecule has 5 aromatic rings. The summed E-state index contributed by atoms with van der Waals surface area (Å²) in [6.45, 7) is 0. The first-order chi connectivity index (χ1) is 15.8. The van der Waals surface area contributed by atoms with E-state index >= 15 is 0 Å². The van der Waals surface area contributed by atoms with Crippen LogP contribution in [0.5, 0.6) is 11.5 Å². The van der Waals surface area contributed by atoms with Crippen LogP contribution in [0.4, 0.5) is 0 Å². The Morgan fingerprint density at radius 2 is 1.06 bits per heavy atom. The Labute approximate surface area is 185 Å². The molecule has 3 aromatic carbocycles. The maximum Gasteiger partial charge on any atom is 0.141 e. The lowest BCUT2D eigenvalue weighted by Gasteiger charge is -2.05. The second-order valence-electron chi connectivity index (χ2n) is 7.25. The van der Waals surface area contributed by atoms with Crippen LogP contribution in [-0.2, 0) is 0 Å². The smallest absolute Gasteiger partial charge is 0.141 e. The molecule has 0 atom stereocenters. The molecule has 0 radical (unpaired) electrons. The van der Waals surface area contributed by atoms with Crippen LogP contribution in [0.1, 0.15) is 0 Å². The van der Waals surface area contributed by atoms with Gasteiger partial charge in [0.05, 0.1) is 36.7 Å². The van der Waals surface area contributed by atoms with Crippen molar-refractivity contribution in [3.63, 3.8) is 0 Å². The third-order valence-corrected chi connectivity index (χ3v) is 5.33. The highest BCUT2D eigenvalue weighted by Crippen LogP contribution is 2.32. The molecule has 0 saturated heterocycles. The van der Waals surface area contributed by atoms with E-state index in [1.807, 2.05) is 79.1 Å². The van der Waals surface area contributed by atoms with Gasteiger partial charge in [0.15, 0.2) is 0 Å². The minimum atomic E-state index is 0.765. The third-order valence-electron chi connectivity index (χ3n) is 5.33. The van der Waals surface area contributed by atoms with Gasteiger partial charge in [0.2, 0.25) is 0 Å². The number of ether oxygens (including phenoxy) is 2. The Bertz CT molecular complexity index is 1270. The lowest BCUT2D eigenvalue weighted by atomic mass is 10.1. The van der Waals surface area contributed by atoms with E-state index in [4.69, 9.17) is 19.4 Å². The number of methoxy groups -OCH3 is 2. The first-order valence-electron chi connectivity index (χ1n) is 10.2. The number of aromatic amines is 2. The first kappa shape index (κ1) is 19.6. The number of hydrogen-bond donors (Lipinski definition) is 2. The van der Waals surface area contributed by atoms with Crippen molar-refractivity contribution < 1.29 is 9.47 Å². The van der Waals surface area contributed by atoms with Crippen molar-refractivity contribution in [3.05, 3.63) is 85.2 Å². The number of H-pyrrole nitrogens is 2. The maximum atomic E-state index is 5.47. The van der Waals surface area contributed by atoms with Crippen LogP contribution < -0.4 is 9.47 Å². The van der Waals surface area contributed by atoms with Crippen molar-refractivity contribution >= 4 is 0 Å². The van der Waals surface area contributed by atoms with Gasteiger partial charge in [0, 0.05) is 23.5 Å². The average molecular weight is 422 g/mol. The third kappa shape index (κ3) is 3.63. The average Bonchev–Trinajstić information content (AvgIpc) is 3.54. The summed E-state index contributed by atoms with van der Waals surface area (Å²) in [5.41, 5.74) is 5.56. The van der Waals surface area contributed by atoms with Crippen molar-refractivity contribution in [3.8, 4) is 56.8 Å². The molecule has 0 fully saturated rings. The van der Waals surface area contributed by atoms with Crippen LogP contribution >= 0.6 is 0 Å². The van der Waals surface area contributed by atoms with Gasteiger partial charge in [-0.25, -0.2) is 9.97 Å². The molecule has 2 aromatic heterocycles. The van der Waals surface area contributed by atoms with Crippen LogP contribution in [0.3, 0.4) is 0 Å². The van der Waals surface area contributed by atoms with Gasteiger partial charge in [-0.05, 0) is 30.3 Å². The largest absolute Gasteiger partial charge is 0.496 e. The zero-order chi connectivity index (χ0) is 21.9. The molecular formula is C26H22N4O2. The molecule has 0 amide bonds. The summed E-state index contributed by atoms with van der Waals surface area (Å²) in [6.07, 6.45) is 3.82. The van der Waals surface area contributed by atoms with Crippen molar-refractivity contribution in [2.45, 2.75) is 0 Å². The van der Waals surface area contributed by atoms with E-state index in [0.717, 1.165) is 56.8 Å². The molecule has 0 aliphatic rings. The SMILES string of the molecule is COc1ccccc1-c1nc(-c2cccc(-c3c[nH]c(-c4ccccc4OC)n3)c2)c[nH]1. The summed E-state index contributed by atoms with van der Waals surface area (Å²) in [6, 6.07) is 23.8. The Balaban J connectivity index is 1.47. The number of benzene rings is 3. The molecule has 0 spiro atoms. The van der Waals surface area contributed by atoms with Crippen molar-refractivity contribution in [2.24, 2.45) is 0 Å². The van der Waals surface area contributed by atoms with Crippen molar-refractivity contribution in [1.29, 1.82) is 0 Å². The van der Waals surface area contributed by atoms with Gasteiger partial charge in [-0.3, -0.25) is 0 Å². The quantitative estimate of drug-likeness (QED) is 0.362. The van der Waals surface area contributed by atoms with E-state index in [1.54, 1.807) is 14.2 Å². The fourth-order valence-electron chi connectivity index (χ4n) is 3.73. The summed E-state index contributed by atoms with van der Waals surface area (Å²) in [5.74, 6) is 3.09. The fourth-order valence-corrected chi connectivity index (χ4v) is 3.73. The van der Waals surface area contributed by atoms with Gasteiger partial charge in [0.1, 0.15) is 23.1 Å². The van der Waals surface area contributed by atoms with E-state index in [0.29, 0.717) is 0 Å². The summed E-state index contributed by atoms with van der Waals surface area (Å²) >= 11 is 0. The van der Waals surface area contributed by atoms with Crippen molar-refractivity contribution in [2.75, 3.05) is 14.2 Å². The Hall–Kier alpha value is -4.32. The normalized spacial score (nSPS) is 10.8. The summed E-state index contributed by atoms with van der Waals surface area (Å²) in [4.78, 5) is 16.1. The van der Waals surface area contributed by atoms with Gasteiger partial charge in [-0.15, -0.1) is 0 Å². The number of para-hydroxylation sites is 2. The number of nitrogens with one attached hydrogen (secondary N) is 2. The molecule has 2 heterocycles. The van der Waals surface area contributed by atoms with E-state index in [-0.39, 0.29) is 0 Å². The molecule has 158 valence electrons. The molecule has 6 nitrogen and oxygen atoms in total. The highest BCUT2D eigenvalue weighted by atomic mass is 16.5. The lowest BCUT2D eigenvalue weighted by molar-refractivity contribution is 0.416. The molecule has 5 rings (SSSR count). The van der Waals surface area contributed by atoms with Crippen LogP contribution in [0.2, 0.25) is 0 Å². The van der Waals surface area contributed by atoms with E-state index in [9.17, 15) is 0 Å². The highest BCUT2D eigenvalue weighted by molar-refractivity contribution is 5.74. The van der Waals surface area contributed by atoms with Gasteiger partial charge in [-0.1, -0.05) is 42.5 Å². The first-order valence-corrected chi connectivity index (χ1v) is 10.2. The second-order valence-corrected chi connectivity index (χ2v) is 7.25. The molecule has 0 aliphatic heterocycles. The van der Waals surface area contributed by atoms with Gasteiger partial charge >= 0.3 is 0 Å². The zero-order valence-corrected chi connectivity index (χ0v) is 17.8. The van der Waals surface area contributed by atoms with Crippen molar-refractivity contribution in [1.82, 2.24) is 19.9 Å². The van der Waals surface area contributed by atoms with E-state index in [1.165, 1.54) is 0 Å².